The van der Waals surface area contributed by atoms with Gasteiger partial charge in [-0.15, -0.1) is 0 Å². The molecule has 1 rings (SSSR count). The van der Waals surface area contributed by atoms with Crippen molar-refractivity contribution in [2.45, 2.75) is 67.2 Å². The van der Waals surface area contributed by atoms with Gasteiger partial charge in [-0.3, -0.25) is 4.79 Å². The van der Waals surface area contributed by atoms with Crippen LogP contribution in [0.25, 0.3) is 0 Å². The Morgan fingerprint density at radius 2 is 1.96 bits per heavy atom. The minimum atomic E-state index is -0.128. The van der Waals surface area contributed by atoms with Crippen LogP contribution in [0.15, 0.2) is 4.52 Å². The van der Waals surface area contributed by atoms with Crippen molar-refractivity contribution in [3.63, 3.8) is 0 Å². The van der Waals surface area contributed by atoms with Gasteiger partial charge < -0.3 is 14.7 Å². The topological polar surface area (TPSA) is 58.4 Å². The van der Waals surface area contributed by atoms with Crippen molar-refractivity contribution in [1.82, 2.24) is 15.4 Å². The van der Waals surface area contributed by atoms with Gasteiger partial charge in [-0.2, -0.15) is 0 Å². The fourth-order valence-electron chi connectivity index (χ4n) is 3.32. The number of carbonyl (C=O) groups excluding carboxylic acids is 1. The molecule has 0 fully saturated rings. The van der Waals surface area contributed by atoms with E-state index in [0.29, 0.717) is 12.2 Å². The first-order valence-corrected chi connectivity index (χ1v) is 9.36. The first kappa shape index (κ1) is 20.7. The molecule has 0 aromatic carbocycles. The smallest absolute Gasteiger partial charge is 0.273 e. The van der Waals surface area contributed by atoms with E-state index in [1.54, 1.807) is 0 Å². The van der Waals surface area contributed by atoms with Crippen LogP contribution in [-0.2, 0) is 6.42 Å². The summed E-state index contributed by atoms with van der Waals surface area (Å²) >= 11 is 0. The van der Waals surface area contributed by atoms with E-state index in [0.717, 1.165) is 56.6 Å². The highest BCUT2D eigenvalue weighted by Gasteiger charge is 2.27. The normalized spacial score (nSPS) is 14.0. The lowest BCUT2D eigenvalue weighted by atomic mass is 9.84. The van der Waals surface area contributed by atoms with Crippen LogP contribution in [-0.4, -0.2) is 42.1 Å². The van der Waals surface area contributed by atoms with Crippen LogP contribution in [0.4, 0.5) is 0 Å². The SMILES string of the molecule is CCCN(CC)CC(C)(CCC)CNC(=O)c1noc(CC)c1C. The molecular weight excluding hydrogens is 302 g/mol. The average Bonchev–Trinajstić information content (AvgIpc) is 2.93. The molecule has 1 atom stereocenters. The predicted octanol–water partition coefficient (Wildman–Crippen LogP) is 3.81. The van der Waals surface area contributed by atoms with E-state index >= 15 is 0 Å². The molecule has 0 aliphatic rings. The number of aryl methyl sites for hydroxylation is 1. The number of amides is 1. The maximum Gasteiger partial charge on any atom is 0.273 e. The summed E-state index contributed by atoms with van der Waals surface area (Å²) in [5, 5.41) is 7.03. The number of hydrogen-bond acceptors (Lipinski definition) is 4. The lowest BCUT2D eigenvalue weighted by molar-refractivity contribution is 0.0897. The molecule has 5 heteroatoms. The summed E-state index contributed by atoms with van der Waals surface area (Å²) in [5.41, 5.74) is 1.35. The third-order valence-corrected chi connectivity index (χ3v) is 4.68. The zero-order chi connectivity index (χ0) is 18.2. The van der Waals surface area contributed by atoms with Crippen LogP contribution in [0.5, 0.6) is 0 Å². The van der Waals surface area contributed by atoms with E-state index < -0.39 is 0 Å². The van der Waals surface area contributed by atoms with Crippen molar-refractivity contribution < 1.29 is 9.32 Å². The largest absolute Gasteiger partial charge is 0.360 e. The maximum atomic E-state index is 12.5. The van der Waals surface area contributed by atoms with Crippen molar-refractivity contribution in [1.29, 1.82) is 0 Å². The van der Waals surface area contributed by atoms with E-state index in [4.69, 9.17) is 4.52 Å². The predicted molar refractivity (Wildman–Crippen MR) is 98.4 cm³/mol. The molecular formula is C19H35N3O2. The van der Waals surface area contributed by atoms with Crippen molar-refractivity contribution >= 4 is 5.91 Å². The lowest BCUT2D eigenvalue weighted by Gasteiger charge is -2.35. The van der Waals surface area contributed by atoms with Gasteiger partial charge in [0.25, 0.3) is 5.91 Å². The Morgan fingerprint density at radius 3 is 2.46 bits per heavy atom. The molecule has 0 spiro atoms. The fourth-order valence-corrected chi connectivity index (χ4v) is 3.32. The minimum Gasteiger partial charge on any atom is -0.360 e. The Labute approximate surface area is 147 Å². The first-order chi connectivity index (χ1) is 11.4. The number of hydrogen-bond donors (Lipinski definition) is 1. The molecule has 0 aliphatic carbocycles. The summed E-state index contributed by atoms with van der Waals surface area (Å²) in [5.74, 6) is 0.661. The van der Waals surface area contributed by atoms with Gasteiger partial charge in [-0.05, 0) is 38.3 Å². The second-order valence-corrected chi connectivity index (χ2v) is 7.05. The fraction of sp³-hybridized carbons (Fsp3) is 0.789. The summed E-state index contributed by atoms with van der Waals surface area (Å²) in [7, 11) is 0. The quantitative estimate of drug-likeness (QED) is 0.667. The molecule has 1 heterocycles. The third-order valence-electron chi connectivity index (χ3n) is 4.68. The maximum absolute atomic E-state index is 12.5. The van der Waals surface area contributed by atoms with Gasteiger partial charge in [0.2, 0.25) is 0 Å². The van der Waals surface area contributed by atoms with E-state index in [1.165, 1.54) is 0 Å². The molecule has 1 aromatic heterocycles. The molecule has 24 heavy (non-hydrogen) atoms. The van der Waals surface area contributed by atoms with Crippen molar-refractivity contribution in [2.24, 2.45) is 5.41 Å². The molecule has 5 nitrogen and oxygen atoms in total. The summed E-state index contributed by atoms with van der Waals surface area (Å²) in [6.45, 7) is 16.6. The first-order valence-electron chi connectivity index (χ1n) is 9.36. The molecule has 0 aliphatic heterocycles. The standard InChI is InChI=1S/C19H35N3O2/c1-7-11-19(6,14-22(10-4)12-8-2)13-20-18(23)17-15(5)16(9-3)24-21-17/h7-14H2,1-6H3,(H,20,23). The van der Waals surface area contributed by atoms with Gasteiger partial charge in [-0.25, -0.2) is 0 Å². The van der Waals surface area contributed by atoms with Crippen LogP contribution in [0.1, 0.15) is 75.7 Å². The van der Waals surface area contributed by atoms with Crippen LogP contribution in [0.2, 0.25) is 0 Å². The zero-order valence-electron chi connectivity index (χ0n) is 16.4. The van der Waals surface area contributed by atoms with Crippen LogP contribution in [0, 0.1) is 12.3 Å². The molecule has 0 radical (unpaired) electrons. The van der Waals surface area contributed by atoms with E-state index in [2.05, 4.69) is 43.1 Å². The van der Waals surface area contributed by atoms with Gasteiger partial charge in [-0.1, -0.05) is 46.2 Å². The molecule has 1 N–H and O–H groups in total. The van der Waals surface area contributed by atoms with E-state index in [1.807, 2.05) is 13.8 Å². The van der Waals surface area contributed by atoms with Gasteiger partial charge in [0, 0.05) is 25.1 Å². The molecule has 1 unspecified atom stereocenters. The van der Waals surface area contributed by atoms with Crippen molar-refractivity contribution in [3.05, 3.63) is 17.0 Å². The molecule has 0 saturated carbocycles. The van der Waals surface area contributed by atoms with Gasteiger partial charge in [0.1, 0.15) is 5.76 Å². The second kappa shape index (κ2) is 9.82. The molecule has 1 aromatic rings. The molecule has 0 bridgehead atoms. The summed E-state index contributed by atoms with van der Waals surface area (Å²) in [6.07, 6.45) is 4.10. The highest BCUT2D eigenvalue weighted by atomic mass is 16.5. The molecule has 1 amide bonds. The third kappa shape index (κ3) is 5.62. The average molecular weight is 338 g/mol. The Balaban J connectivity index is 2.73. The Hall–Kier alpha value is -1.36. The summed E-state index contributed by atoms with van der Waals surface area (Å²) in [6, 6.07) is 0. The van der Waals surface area contributed by atoms with Crippen LogP contribution in [0.3, 0.4) is 0 Å². The monoisotopic (exact) mass is 337 g/mol. The van der Waals surface area contributed by atoms with Gasteiger partial charge in [0.05, 0.1) is 0 Å². The Kier molecular flexibility index (Phi) is 8.46. The highest BCUT2D eigenvalue weighted by Crippen LogP contribution is 2.24. The lowest BCUT2D eigenvalue weighted by Crippen LogP contribution is -2.44. The minimum absolute atomic E-state index is 0.0703. The Bertz CT molecular complexity index is 513. The summed E-state index contributed by atoms with van der Waals surface area (Å²) < 4.78 is 5.24. The number of nitrogens with one attached hydrogen (secondary N) is 1. The van der Waals surface area contributed by atoms with Gasteiger partial charge in [0.15, 0.2) is 5.69 Å². The van der Waals surface area contributed by atoms with E-state index in [-0.39, 0.29) is 11.3 Å². The number of carbonyl (C=O) groups is 1. The number of aromatic nitrogens is 1. The van der Waals surface area contributed by atoms with Crippen molar-refractivity contribution in [3.8, 4) is 0 Å². The summed E-state index contributed by atoms with van der Waals surface area (Å²) in [4.78, 5) is 15.0. The highest BCUT2D eigenvalue weighted by molar-refractivity contribution is 5.93. The zero-order valence-corrected chi connectivity index (χ0v) is 16.4. The number of nitrogens with zero attached hydrogens (tertiary/aromatic N) is 2. The van der Waals surface area contributed by atoms with Crippen molar-refractivity contribution in [2.75, 3.05) is 26.2 Å². The van der Waals surface area contributed by atoms with Gasteiger partial charge >= 0.3 is 0 Å². The molecule has 138 valence electrons. The number of rotatable bonds is 11. The second-order valence-electron chi connectivity index (χ2n) is 7.05. The van der Waals surface area contributed by atoms with Crippen LogP contribution < -0.4 is 5.32 Å². The molecule has 0 saturated heterocycles. The van der Waals surface area contributed by atoms with Crippen LogP contribution >= 0.6 is 0 Å². The van der Waals surface area contributed by atoms with E-state index in [9.17, 15) is 4.79 Å². The Morgan fingerprint density at radius 1 is 1.25 bits per heavy atom.